The first kappa shape index (κ1) is 21.0. The van der Waals surface area contributed by atoms with E-state index in [4.69, 9.17) is 4.74 Å². The number of aryl methyl sites for hydroxylation is 1. The first-order valence-electron chi connectivity index (χ1n) is 8.68. The number of sulfonamides is 1. The van der Waals surface area contributed by atoms with Crippen LogP contribution in [0.1, 0.15) is 17.5 Å². The SMILES string of the molecule is Cc1ccc2c(c1)N(S(C)(=O)=O)CCC(C(=O)Nc1ccc(C(F)(F)F)cc1)O2. The number of nitrogens with one attached hydrogen (secondary N) is 1. The average molecular weight is 428 g/mol. The van der Waals surface area contributed by atoms with E-state index in [9.17, 15) is 26.4 Å². The molecule has 0 bridgehead atoms. The molecule has 1 aliphatic rings. The Labute approximate surface area is 166 Å². The van der Waals surface area contributed by atoms with Crippen molar-refractivity contribution in [1.29, 1.82) is 0 Å². The highest BCUT2D eigenvalue weighted by Gasteiger charge is 2.32. The quantitative estimate of drug-likeness (QED) is 0.811. The molecule has 0 saturated heterocycles. The molecule has 0 radical (unpaired) electrons. The van der Waals surface area contributed by atoms with Crippen LogP contribution in [0, 0.1) is 6.92 Å². The summed E-state index contributed by atoms with van der Waals surface area (Å²) >= 11 is 0. The smallest absolute Gasteiger partial charge is 0.416 e. The number of carbonyl (C=O) groups excluding carboxylic acids is 1. The second kappa shape index (κ2) is 7.58. The van der Waals surface area contributed by atoms with Gasteiger partial charge in [0.15, 0.2) is 6.10 Å². The van der Waals surface area contributed by atoms with E-state index in [0.29, 0.717) is 5.69 Å². The van der Waals surface area contributed by atoms with Crippen molar-refractivity contribution in [3.8, 4) is 5.75 Å². The molecule has 0 aromatic heterocycles. The molecule has 2 aromatic carbocycles. The van der Waals surface area contributed by atoms with Gasteiger partial charge in [-0.15, -0.1) is 0 Å². The largest absolute Gasteiger partial charge is 0.478 e. The van der Waals surface area contributed by atoms with E-state index in [1.165, 1.54) is 4.31 Å². The Bertz CT molecular complexity index is 1020. The maximum Gasteiger partial charge on any atom is 0.416 e. The van der Waals surface area contributed by atoms with E-state index in [1.807, 2.05) is 0 Å². The van der Waals surface area contributed by atoms with Gasteiger partial charge in [0.25, 0.3) is 5.91 Å². The summed E-state index contributed by atoms with van der Waals surface area (Å²) in [6.45, 7) is 1.83. The van der Waals surface area contributed by atoms with Crippen molar-refractivity contribution >= 4 is 27.3 Å². The summed E-state index contributed by atoms with van der Waals surface area (Å²) in [6.07, 6.45) is -4.33. The molecule has 10 heteroatoms. The Balaban J connectivity index is 1.81. The Hall–Kier alpha value is -2.75. The number of rotatable bonds is 3. The Kier molecular flexibility index (Phi) is 5.48. The van der Waals surface area contributed by atoms with Gasteiger partial charge in [-0.1, -0.05) is 6.07 Å². The van der Waals surface area contributed by atoms with Gasteiger partial charge >= 0.3 is 6.18 Å². The van der Waals surface area contributed by atoms with Gasteiger partial charge in [0.05, 0.1) is 17.5 Å². The number of hydrogen-bond acceptors (Lipinski definition) is 4. The number of ether oxygens (including phenoxy) is 1. The molecule has 1 heterocycles. The van der Waals surface area contributed by atoms with Crippen molar-refractivity contribution in [1.82, 2.24) is 0 Å². The molecule has 1 atom stereocenters. The lowest BCUT2D eigenvalue weighted by molar-refractivity contribution is -0.137. The van der Waals surface area contributed by atoms with E-state index >= 15 is 0 Å². The molecule has 1 N–H and O–H groups in total. The van der Waals surface area contributed by atoms with Crippen molar-refractivity contribution in [2.75, 3.05) is 22.4 Å². The number of amides is 1. The van der Waals surface area contributed by atoms with Crippen molar-refractivity contribution in [2.45, 2.75) is 25.6 Å². The zero-order valence-corrected chi connectivity index (χ0v) is 16.5. The highest BCUT2D eigenvalue weighted by atomic mass is 32.2. The molecule has 1 amide bonds. The molecule has 6 nitrogen and oxygen atoms in total. The summed E-state index contributed by atoms with van der Waals surface area (Å²) in [6, 6.07) is 9.02. The number of carbonyl (C=O) groups is 1. The molecule has 3 rings (SSSR count). The number of nitrogens with zero attached hydrogens (tertiary/aromatic N) is 1. The molecular formula is C19H19F3N2O4S. The van der Waals surface area contributed by atoms with Crippen LogP contribution in [0.5, 0.6) is 5.75 Å². The summed E-state index contributed by atoms with van der Waals surface area (Å²) < 4.78 is 69.3. The number of hydrogen-bond donors (Lipinski definition) is 1. The summed E-state index contributed by atoms with van der Waals surface area (Å²) in [5.41, 5.74) is 0.528. The van der Waals surface area contributed by atoms with E-state index in [1.54, 1.807) is 25.1 Å². The molecule has 0 aliphatic carbocycles. The van der Waals surface area contributed by atoms with Crippen molar-refractivity contribution in [3.05, 3.63) is 53.6 Å². The molecule has 0 saturated carbocycles. The lowest BCUT2D eigenvalue weighted by atomic mass is 10.2. The zero-order valence-electron chi connectivity index (χ0n) is 15.7. The first-order chi connectivity index (χ1) is 13.4. The van der Waals surface area contributed by atoms with Crippen molar-refractivity contribution < 1.29 is 31.1 Å². The van der Waals surface area contributed by atoms with Gasteiger partial charge in [0.1, 0.15) is 5.75 Å². The van der Waals surface area contributed by atoms with Gasteiger partial charge in [-0.2, -0.15) is 13.2 Å². The van der Waals surface area contributed by atoms with E-state index in [-0.39, 0.29) is 24.4 Å². The highest BCUT2D eigenvalue weighted by molar-refractivity contribution is 7.92. The number of alkyl halides is 3. The monoisotopic (exact) mass is 428 g/mol. The van der Waals surface area contributed by atoms with Crippen LogP contribution >= 0.6 is 0 Å². The third-order valence-corrected chi connectivity index (χ3v) is 5.60. The van der Waals surface area contributed by atoms with E-state index in [2.05, 4.69) is 5.32 Å². The Morgan fingerprint density at radius 1 is 1.17 bits per heavy atom. The lowest BCUT2D eigenvalue weighted by Crippen LogP contribution is -2.36. The fraction of sp³-hybridized carbons (Fsp3) is 0.316. The van der Waals surface area contributed by atoms with Gasteiger partial charge in [-0.3, -0.25) is 9.10 Å². The molecule has 2 aromatic rings. The molecule has 156 valence electrons. The van der Waals surface area contributed by atoms with Crippen molar-refractivity contribution in [3.63, 3.8) is 0 Å². The van der Waals surface area contributed by atoms with Gasteiger partial charge in [-0.25, -0.2) is 8.42 Å². The topological polar surface area (TPSA) is 75.7 Å². The summed E-state index contributed by atoms with van der Waals surface area (Å²) in [4.78, 5) is 12.6. The van der Waals surface area contributed by atoms with Crippen molar-refractivity contribution in [2.24, 2.45) is 0 Å². The maximum absolute atomic E-state index is 12.7. The van der Waals surface area contributed by atoms with Gasteiger partial charge in [-0.05, 0) is 48.9 Å². The minimum Gasteiger partial charge on any atom is -0.478 e. The van der Waals surface area contributed by atoms with Gasteiger partial charge < -0.3 is 10.1 Å². The number of anilines is 2. The maximum atomic E-state index is 12.7. The Morgan fingerprint density at radius 2 is 1.83 bits per heavy atom. The van der Waals surface area contributed by atoms with Crippen LogP contribution in [-0.2, 0) is 21.0 Å². The normalized spacial score (nSPS) is 17.1. The standard InChI is InChI=1S/C19H19F3N2O4S/c1-12-3-8-16-15(11-12)24(29(2,26)27)10-9-17(28-16)18(25)23-14-6-4-13(5-7-14)19(20,21)22/h3-8,11,17H,9-10H2,1-2H3,(H,23,25). The molecular weight excluding hydrogens is 409 g/mol. The summed E-state index contributed by atoms with van der Waals surface area (Å²) in [5, 5.41) is 2.51. The van der Waals surface area contributed by atoms with Crippen LogP contribution in [0.4, 0.5) is 24.5 Å². The fourth-order valence-electron chi connectivity index (χ4n) is 2.98. The van der Waals surface area contributed by atoms with Crippen LogP contribution in [0.25, 0.3) is 0 Å². The fourth-order valence-corrected chi connectivity index (χ4v) is 3.92. The van der Waals surface area contributed by atoms with Gasteiger partial charge in [0, 0.05) is 18.7 Å². The van der Waals surface area contributed by atoms with Crippen LogP contribution in [0.2, 0.25) is 0 Å². The van der Waals surface area contributed by atoms with E-state index in [0.717, 1.165) is 36.1 Å². The number of halogens is 3. The van der Waals surface area contributed by atoms with Crippen LogP contribution < -0.4 is 14.4 Å². The Morgan fingerprint density at radius 3 is 2.41 bits per heavy atom. The van der Waals surface area contributed by atoms with Crippen LogP contribution in [-0.4, -0.2) is 33.2 Å². The number of benzene rings is 2. The van der Waals surface area contributed by atoms with Gasteiger partial charge in [0.2, 0.25) is 10.0 Å². The third-order valence-electron chi connectivity index (χ3n) is 4.42. The first-order valence-corrected chi connectivity index (χ1v) is 10.5. The molecule has 29 heavy (non-hydrogen) atoms. The van der Waals surface area contributed by atoms with Crippen LogP contribution in [0.15, 0.2) is 42.5 Å². The second-order valence-corrected chi connectivity index (χ2v) is 8.67. The summed E-state index contributed by atoms with van der Waals surface area (Å²) in [7, 11) is -3.59. The third kappa shape index (κ3) is 4.81. The highest BCUT2D eigenvalue weighted by Crippen LogP contribution is 2.35. The minimum atomic E-state index is -4.47. The van der Waals surface area contributed by atoms with E-state index < -0.39 is 33.8 Å². The lowest BCUT2D eigenvalue weighted by Gasteiger charge is -2.21. The average Bonchev–Trinajstić information content (AvgIpc) is 2.80. The summed E-state index contributed by atoms with van der Waals surface area (Å²) in [5.74, 6) is -0.335. The number of fused-ring (bicyclic) bond motifs is 1. The molecule has 1 unspecified atom stereocenters. The van der Waals surface area contributed by atoms with Crippen LogP contribution in [0.3, 0.4) is 0 Å². The molecule has 1 aliphatic heterocycles. The second-order valence-electron chi connectivity index (χ2n) is 6.77. The minimum absolute atomic E-state index is 0.0282. The molecule has 0 fully saturated rings. The zero-order chi connectivity index (χ0) is 21.4. The predicted molar refractivity (Wildman–Crippen MR) is 102 cm³/mol. The predicted octanol–water partition coefficient (Wildman–Crippen LogP) is 3.57. The molecule has 0 spiro atoms.